The number of benzene rings is 2. The molecule has 6 nitrogen and oxygen atoms in total. The van der Waals surface area contributed by atoms with Gasteiger partial charge in [-0.05, 0) is 62.1 Å². The molecule has 0 aliphatic carbocycles. The summed E-state index contributed by atoms with van der Waals surface area (Å²) in [4.78, 5) is 26.5. The number of carbonyl (C=O) groups is 2. The zero-order chi connectivity index (χ0) is 22.7. The van der Waals surface area contributed by atoms with Gasteiger partial charge in [0.15, 0.2) is 0 Å². The van der Waals surface area contributed by atoms with E-state index in [0.717, 1.165) is 39.8 Å². The number of aromatic nitrogens is 1. The van der Waals surface area contributed by atoms with Gasteiger partial charge in [-0.1, -0.05) is 31.5 Å². The van der Waals surface area contributed by atoms with Gasteiger partial charge < -0.3 is 20.1 Å². The number of hydrogen-bond acceptors (Lipinski definition) is 2. The Bertz CT molecular complexity index is 1090. The molecule has 0 bridgehead atoms. The smallest absolute Gasteiger partial charge is 0.322 e. The number of rotatable bonds is 6. The van der Waals surface area contributed by atoms with Crippen molar-refractivity contribution >= 4 is 34.2 Å². The first-order chi connectivity index (χ1) is 14.6. The fourth-order valence-electron chi connectivity index (χ4n) is 3.89. The van der Waals surface area contributed by atoms with Crippen molar-refractivity contribution < 1.29 is 9.59 Å². The third-order valence-electron chi connectivity index (χ3n) is 5.25. The Morgan fingerprint density at radius 3 is 2.32 bits per heavy atom. The maximum Gasteiger partial charge on any atom is 0.322 e. The Morgan fingerprint density at radius 2 is 1.68 bits per heavy atom. The second-order valence-electron chi connectivity index (χ2n) is 8.74. The van der Waals surface area contributed by atoms with Crippen LogP contribution < -0.4 is 10.6 Å². The van der Waals surface area contributed by atoms with E-state index >= 15 is 0 Å². The number of nitrogens with one attached hydrogen (secondary N) is 2. The number of anilines is 2. The van der Waals surface area contributed by atoms with Crippen LogP contribution in [0, 0.1) is 26.7 Å². The Morgan fingerprint density at radius 1 is 1.00 bits per heavy atom. The van der Waals surface area contributed by atoms with Gasteiger partial charge in [0, 0.05) is 42.1 Å². The Hall–Kier alpha value is -3.28. The Kier molecular flexibility index (Phi) is 6.68. The van der Waals surface area contributed by atoms with E-state index in [1.165, 1.54) is 4.90 Å². The normalized spacial score (nSPS) is 11.1. The molecule has 0 saturated heterocycles. The van der Waals surface area contributed by atoms with E-state index in [2.05, 4.69) is 41.3 Å². The average Bonchev–Trinajstić information content (AvgIpc) is 3.06. The molecule has 3 aromatic rings. The molecule has 0 saturated carbocycles. The van der Waals surface area contributed by atoms with Crippen LogP contribution in [0.3, 0.4) is 0 Å². The predicted molar refractivity (Wildman–Crippen MR) is 128 cm³/mol. The van der Waals surface area contributed by atoms with Crippen molar-refractivity contribution in [1.29, 1.82) is 0 Å². The summed E-state index contributed by atoms with van der Waals surface area (Å²) in [6.45, 7) is 11.3. The largest absolute Gasteiger partial charge is 0.347 e. The molecule has 0 fully saturated rings. The van der Waals surface area contributed by atoms with E-state index in [4.69, 9.17) is 0 Å². The molecule has 0 unspecified atom stereocenters. The molecule has 1 heterocycles. The molecule has 0 atom stereocenters. The molecule has 6 heteroatoms. The van der Waals surface area contributed by atoms with Crippen LogP contribution in [-0.4, -0.2) is 35.0 Å². The van der Waals surface area contributed by atoms with E-state index < -0.39 is 0 Å². The van der Waals surface area contributed by atoms with Gasteiger partial charge >= 0.3 is 6.03 Å². The monoisotopic (exact) mass is 420 g/mol. The molecule has 0 spiro atoms. The molecule has 31 heavy (non-hydrogen) atoms. The van der Waals surface area contributed by atoms with E-state index in [0.29, 0.717) is 11.6 Å². The molecule has 0 radical (unpaired) electrons. The van der Waals surface area contributed by atoms with Gasteiger partial charge in [-0.2, -0.15) is 0 Å². The van der Waals surface area contributed by atoms with Gasteiger partial charge in [-0.15, -0.1) is 0 Å². The maximum atomic E-state index is 12.6. The molecule has 2 aromatic carbocycles. The van der Waals surface area contributed by atoms with Gasteiger partial charge in [0.05, 0.1) is 0 Å². The van der Waals surface area contributed by atoms with Gasteiger partial charge in [-0.25, -0.2) is 4.79 Å². The van der Waals surface area contributed by atoms with Gasteiger partial charge in [0.25, 0.3) is 0 Å². The Balaban J connectivity index is 1.62. The van der Waals surface area contributed by atoms with Crippen LogP contribution in [0.25, 0.3) is 10.9 Å². The zero-order valence-electron chi connectivity index (χ0n) is 19.2. The number of amides is 3. The molecular formula is C25H32N4O2. The number of likely N-dealkylation sites (N-methyl/N-ethyl adjacent to an activating group) is 1. The molecule has 2 N–H and O–H groups in total. The lowest BCUT2D eigenvalue weighted by Gasteiger charge is -2.19. The van der Waals surface area contributed by atoms with Crippen molar-refractivity contribution in [2.75, 3.05) is 24.2 Å². The van der Waals surface area contributed by atoms with E-state index in [1.807, 2.05) is 51.1 Å². The number of fused-ring (bicyclic) bond motifs is 1. The van der Waals surface area contributed by atoms with Crippen molar-refractivity contribution in [2.24, 2.45) is 5.92 Å². The summed E-state index contributed by atoms with van der Waals surface area (Å²) in [5, 5.41) is 6.89. The van der Waals surface area contributed by atoms with Crippen LogP contribution in [0.4, 0.5) is 16.2 Å². The minimum Gasteiger partial charge on any atom is -0.347 e. The number of nitrogens with zero attached hydrogens (tertiary/aromatic N) is 2. The van der Waals surface area contributed by atoms with Crippen LogP contribution in [0.2, 0.25) is 0 Å². The fraction of sp³-hybridized carbons (Fsp3) is 0.360. The highest BCUT2D eigenvalue weighted by atomic mass is 16.2. The van der Waals surface area contributed by atoms with Crippen molar-refractivity contribution in [3.63, 3.8) is 0 Å². The van der Waals surface area contributed by atoms with E-state index in [1.54, 1.807) is 7.05 Å². The molecule has 1 aromatic heterocycles. The summed E-state index contributed by atoms with van der Waals surface area (Å²) < 4.78 is 2.22. The summed E-state index contributed by atoms with van der Waals surface area (Å²) in [5.41, 5.74) is 5.83. The molecule has 0 aliphatic heterocycles. The van der Waals surface area contributed by atoms with E-state index in [-0.39, 0.29) is 18.5 Å². The first kappa shape index (κ1) is 22.4. The lowest BCUT2D eigenvalue weighted by molar-refractivity contribution is -0.116. The summed E-state index contributed by atoms with van der Waals surface area (Å²) in [6.07, 6.45) is 2.07. The zero-order valence-corrected chi connectivity index (χ0v) is 19.2. The summed E-state index contributed by atoms with van der Waals surface area (Å²) in [6, 6.07) is 11.7. The molecule has 164 valence electrons. The second kappa shape index (κ2) is 9.25. The van der Waals surface area contributed by atoms with Crippen molar-refractivity contribution in [2.45, 2.75) is 41.2 Å². The summed E-state index contributed by atoms with van der Waals surface area (Å²) in [5.74, 6) is 0.330. The first-order valence-electron chi connectivity index (χ1n) is 10.6. The van der Waals surface area contributed by atoms with Gasteiger partial charge in [0.1, 0.15) is 6.54 Å². The highest BCUT2D eigenvalue weighted by molar-refractivity contribution is 5.98. The van der Waals surface area contributed by atoms with Crippen LogP contribution in [-0.2, 0) is 11.3 Å². The van der Waals surface area contributed by atoms with Crippen molar-refractivity contribution in [3.05, 3.63) is 59.3 Å². The summed E-state index contributed by atoms with van der Waals surface area (Å²) in [7, 11) is 1.61. The van der Waals surface area contributed by atoms with Gasteiger partial charge in [-0.3, -0.25) is 4.79 Å². The van der Waals surface area contributed by atoms with Crippen molar-refractivity contribution in [1.82, 2.24) is 9.47 Å². The fourth-order valence-corrected chi connectivity index (χ4v) is 3.89. The number of urea groups is 1. The predicted octanol–water partition coefficient (Wildman–Crippen LogP) is 5.32. The van der Waals surface area contributed by atoms with Gasteiger partial charge in [0.2, 0.25) is 5.91 Å². The lowest BCUT2D eigenvalue weighted by Crippen LogP contribution is -2.37. The highest BCUT2D eigenvalue weighted by Crippen LogP contribution is 2.23. The second-order valence-corrected chi connectivity index (χ2v) is 8.74. The third kappa shape index (κ3) is 5.45. The van der Waals surface area contributed by atoms with Crippen LogP contribution >= 0.6 is 0 Å². The minimum absolute atomic E-state index is 0.0361. The standard InChI is InChI=1S/C25H32N4O2/c1-16(2)14-29-10-9-20-13-21(7-8-22(20)29)26-25(31)28(6)15-23(30)27-24-18(4)11-17(3)12-19(24)5/h7-13,16H,14-15H2,1-6H3,(H,26,31)(H,27,30). The topological polar surface area (TPSA) is 66.4 Å². The number of carbonyl (C=O) groups excluding carboxylic acids is 2. The molecule has 3 amide bonds. The van der Waals surface area contributed by atoms with Crippen LogP contribution in [0.5, 0.6) is 0 Å². The summed E-state index contributed by atoms with van der Waals surface area (Å²) >= 11 is 0. The Labute approximate surface area is 184 Å². The first-order valence-corrected chi connectivity index (χ1v) is 10.6. The highest BCUT2D eigenvalue weighted by Gasteiger charge is 2.15. The van der Waals surface area contributed by atoms with Crippen LogP contribution in [0.15, 0.2) is 42.6 Å². The van der Waals surface area contributed by atoms with E-state index in [9.17, 15) is 9.59 Å². The minimum atomic E-state index is -0.325. The maximum absolute atomic E-state index is 12.6. The molecule has 0 aliphatic rings. The van der Waals surface area contributed by atoms with Crippen molar-refractivity contribution in [3.8, 4) is 0 Å². The molecule has 3 rings (SSSR count). The third-order valence-corrected chi connectivity index (χ3v) is 5.25. The molecular weight excluding hydrogens is 388 g/mol. The number of hydrogen-bond donors (Lipinski definition) is 2. The lowest BCUT2D eigenvalue weighted by atomic mass is 10.1. The number of aryl methyl sites for hydroxylation is 3. The quantitative estimate of drug-likeness (QED) is 0.566. The average molecular weight is 421 g/mol. The van der Waals surface area contributed by atoms with Crippen LogP contribution in [0.1, 0.15) is 30.5 Å². The SMILES string of the molecule is Cc1cc(C)c(NC(=O)CN(C)C(=O)Nc2ccc3c(ccn3CC(C)C)c2)c(C)c1.